The molecule has 0 bridgehead atoms. The lowest BCUT2D eigenvalue weighted by Crippen LogP contribution is -2.33. The minimum Gasteiger partial charge on any atom is -0.355 e. The van der Waals surface area contributed by atoms with Gasteiger partial charge in [-0.05, 0) is 48.0 Å². The Labute approximate surface area is 99.0 Å². The molecule has 1 aliphatic rings. The largest absolute Gasteiger partial charge is 0.355 e. The Bertz CT molecular complexity index is 348. The average molecular weight is 270 g/mol. The number of anilines is 1. The third-order valence-electron chi connectivity index (χ3n) is 2.95. The highest BCUT2D eigenvalue weighted by Crippen LogP contribution is 2.20. The lowest BCUT2D eigenvalue weighted by Gasteiger charge is -2.25. The molecule has 15 heavy (non-hydrogen) atoms. The van der Waals surface area contributed by atoms with Crippen molar-refractivity contribution < 1.29 is 0 Å². The Kier molecular flexibility index (Phi) is 3.26. The minimum absolute atomic E-state index is 0.582. The zero-order valence-corrected chi connectivity index (χ0v) is 10.7. The molecule has 2 rings (SSSR count). The number of hydrogen-bond acceptors (Lipinski definition) is 3. The van der Waals surface area contributed by atoms with Crippen LogP contribution in [0.2, 0.25) is 0 Å². The number of nitrogens with zero attached hydrogens (tertiary/aromatic N) is 2. The van der Waals surface area contributed by atoms with Crippen LogP contribution in [-0.4, -0.2) is 31.2 Å². The van der Waals surface area contributed by atoms with Gasteiger partial charge in [0.2, 0.25) is 0 Å². The van der Waals surface area contributed by atoms with Crippen LogP contribution in [0.25, 0.3) is 0 Å². The number of aromatic nitrogens is 1. The third kappa shape index (κ3) is 2.32. The molecule has 1 aliphatic heterocycles. The zero-order chi connectivity index (χ0) is 10.8. The van der Waals surface area contributed by atoms with Crippen molar-refractivity contribution in [2.45, 2.75) is 19.4 Å². The SMILES string of the molecule is Cc1nc(N(C)C2CCNC2)ccc1Br. The predicted molar refractivity (Wildman–Crippen MR) is 66.4 cm³/mol. The quantitative estimate of drug-likeness (QED) is 0.890. The first kappa shape index (κ1) is 10.9. The maximum Gasteiger partial charge on any atom is 0.128 e. The molecule has 2 heterocycles. The van der Waals surface area contributed by atoms with Crippen LogP contribution in [0.5, 0.6) is 0 Å². The second-order valence-electron chi connectivity index (χ2n) is 3.99. The van der Waals surface area contributed by atoms with Crippen LogP contribution < -0.4 is 10.2 Å². The highest BCUT2D eigenvalue weighted by molar-refractivity contribution is 9.10. The third-order valence-corrected chi connectivity index (χ3v) is 3.79. The van der Waals surface area contributed by atoms with E-state index in [1.807, 2.05) is 6.92 Å². The maximum atomic E-state index is 4.57. The van der Waals surface area contributed by atoms with Gasteiger partial charge in [-0.2, -0.15) is 0 Å². The summed E-state index contributed by atoms with van der Waals surface area (Å²) < 4.78 is 1.07. The van der Waals surface area contributed by atoms with Gasteiger partial charge in [0.25, 0.3) is 0 Å². The van der Waals surface area contributed by atoms with Crippen molar-refractivity contribution in [2.24, 2.45) is 0 Å². The highest BCUT2D eigenvalue weighted by atomic mass is 79.9. The molecule has 4 heteroatoms. The second kappa shape index (κ2) is 4.49. The van der Waals surface area contributed by atoms with Gasteiger partial charge in [-0.1, -0.05) is 0 Å². The molecule has 1 aromatic rings. The highest BCUT2D eigenvalue weighted by Gasteiger charge is 2.20. The fourth-order valence-corrected chi connectivity index (χ4v) is 2.11. The van der Waals surface area contributed by atoms with Gasteiger partial charge < -0.3 is 10.2 Å². The van der Waals surface area contributed by atoms with Crippen molar-refractivity contribution in [3.05, 3.63) is 22.3 Å². The Morgan fingerprint density at radius 1 is 1.53 bits per heavy atom. The molecular formula is C11H16BrN3. The number of likely N-dealkylation sites (N-methyl/N-ethyl adjacent to an activating group) is 1. The standard InChI is InChI=1S/C11H16BrN3/c1-8-10(12)3-4-11(14-8)15(2)9-5-6-13-7-9/h3-4,9,13H,5-7H2,1-2H3. The number of halogens is 1. The van der Waals surface area contributed by atoms with Crippen molar-refractivity contribution in [3.8, 4) is 0 Å². The monoisotopic (exact) mass is 269 g/mol. The van der Waals surface area contributed by atoms with Crippen LogP contribution in [0.3, 0.4) is 0 Å². The van der Waals surface area contributed by atoms with Crippen LogP contribution in [0, 0.1) is 6.92 Å². The molecule has 1 unspecified atom stereocenters. The van der Waals surface area contributed by atoms with E-state index < -0.39 is 0 Å². The molecule has 1 N–H and O–H groups in total. The van der Waals surface area contributed by atoms with E-state index in [1.54, 1.807) is 0 Å². The van der Waals surface area contributed by atoms with Gasteiger partial charge in [0.1, 0.15) is 5.82 Å². The fraction of sp³-hybridized carbons (Fsp3) is 0.545. The van der Waals surface area contributed by atoms with Gasteiger partial charge >= 0.3 is 0 Å². The summed E-state index contributed by atoms with van der Waals surface area (Å²) in [5.41, 5.74) is 1.05. The molecule has 0 saturated carbocycles. The van der Waals surface area contributed by atoms with Crippen LogP contribution in [0.15, 0.2) is 16.6 Å². The van der Waals surface area contributed by atoms with Crippen LogP contribution >= 0.6 is 15.9 Å². The first-order chi connectivity index (χ1) is 7.18. The van der Waals surface area contributed by atoms with E-state index in [1.165, 1.54) is 6.42 Å². The minimum atomic E-state index is 0.582. The summed E-state index contributed by atoms with van der Waals surface area (Å²) >= 11 is 3.47. The molecule has 0 amide bonds. The summed E-state index contributed by atoms with van der Waals surface area (Å²) in [4.78, 5) is 6.83. The van der Waals surface area contributed by atoms with Crippen molar-refractivity contribution in [1.82, 2.24) is 10.3 Å². The number of nitrogens with one attached hydrogen (secondary N) is 1. The summed E-state index contributed by atoms with van der Waals surface area (Å²) in [6.07, 6.45) is 1.20. The molecule has 1 saturated heterocycles. The number of pyridine rings is 1. The van der Waals surface area contributed by atoms with E-state index in [-0.39, 0.29) is 0 Å². The molecule has 1 fully saturated rings. The van der Waals surface area contributed by atoms with E-state index >= 15 is 0 Å². The molecular weight excluding hydrogens is 254 g/mol. The first-order valence-electron chi connectivity index (χ1n) is 5.25. The number of aryl methyl sites for hydroxylation is 1. The van der Waals surface area contributed by atoms with Crippen molar-refractivity contribution in [2.75, 3.05) is 25.0 Å². The number of hydrogen-bond donors (Lipinski definition) is 1. The van der Waals surface area contributed by atoms with E-state index in [4.69, 9.17) is 0 Å². The Balaban J connectivity index is 2.17. The molecule has 0 aliphatic carbocycles. The average Bonchev–Trinajstić information content (AvgIpc) is 2.74. The lowest BCUT2D eigenvalue weighted by atomic mass is 10.2. The summed E-state index contributed by atoms with van der Waals surface area (Å²) in [5, 5.41) is 3.37. The van der Waals surface area contributed by atoms with Crippen LogP contribution in [0.4, 0.5) is 5.82 Å². The van der Waals surface area contributed by atoms with Crippen LogP contribution in [-0.2, 0) is 0 Å². The van der Waals surface area contributed by atoms with Gasteiger partial charge in [0.15, 0.2) is 0 Å². The molecule has 0 aromatic carbocycles. The van der Waals surface area contributed by atoms with Gasteiger partial charge in [-0.3, -0.25) is 0 Å². The van der Waals surface area contributed by atoms with Crippen molar-refractivity contribution in [1.29, 1.82) is 0 Å². The molecule has 0 radical (unpaired) electrons. The van der Waals surface area contributed by atoms with E-state index in [2.05, 4.69) is 50.3 Å². The normalized spacial score (nSPS) is 20.6. The topological polar surface area (TPSA) is 28.2 Å². The van der Waals surface area contributed by atoms with Gasteiger partial charge in [-0.25, -0.2) is 4.98 Å². The van der Waals surface area contributed by atoms with Crippen LogP contribution in [0.1, 0.15) is 12.1 Å². The molecule has 0 spiro atoms. The summed E-state index contributed by atoms with van der Waals surface area (Å²) in [7, 11) is 2.12. The van der Waals surface area contributed by atoms with Crippen molar-refractivity contribution in [3.63, 3.8) is 0 Å². The fourth-order valence-electron chi connectivity index (χ4n) is 1.88. The summed E-state index contributed by atoms with van der Waals surface area (Å²) in [5.74, 6) is 1.06. The molecule has 3 nitrogen and oxygen atoms in total. The predicted octanol–water partition coefficient (Wildman–Crippen LogP) is 1.95. The lowest BCUT2D eigenvalue weighted by molar-refractivity contribution is 0.677. The Morgan fingerprint density at radius 3 is 2.93 bits per heavy atom. The Hall–Kier alpha value is -0.610. The van der Waals surface area contributed by atoms with E-state index in [0.717, 1.165) is 29.1 Å². The van der Waals surface area contributed by atoms with Gasteiger partial charge in [-0.15, -0.1) is 0 Å². The zero-order valence-electron chi connectivity index (χ0n) is 9.13. The number of rotatable bonds is 2. The van der Waals surface area contributed by atoms with E-state index in [0.29, 0.717) is 6.04 Å². The van der Waals surface area contributed by atoms with Gasteiger partial charge in [0.05, 0.1) is 5.69 Å². The molecule has 1 atom stereocenters. The first-order valence-corrected chi connectivity index (χ1v) is 6.04. The molecule has 82 valence electrons. The van der Waals surface area contributed by atoms with E-state index in [9.17, 15) is 0 Å². The Morgan fingerprint density at radius 2 is 2.33 bits per heavy atom. The van der Waals surface area contributed by atoms with Crippen molar-refractivity contribution >= 4 is 21.7 Å². The van der Waals surface area contributed by atoms with Gasteiger partial charge in [0, 0.05) is 24.1 Å². The second-order valence-corrected chi connectivity index (χ2v) is 4.85. The molecule has 1 aromatic heterocycles. The summed E-state index contributed by atoms with van der Waals surface area (Å²) in [6.45, 7) is 4.20. The maximum absolute atomic E-state index is 4.57. The summed E-state index contributed by atoms with van der Waals surface area (Å²) in [6, 6.07) is 4.71. The smallest absolute Gasteiger partial charge is 0.128 e.